The van der Waals surface area contributed by atoms with Gasteiger partial charge in [0, 0.05) is 6.42 Å². The van der Waals surface area contributed by atoms with Gasteiger partial charge in [-0.15, -0.1) is 0 Å². The van der Waals surface area contributed by atoms with Crippen LogP contribution < -0.4 is 0 Å². The van der Waals surface area contributed by atoms with Gasteiger partial charge in [-0.25, -0.2) is 0 Å². The van der Waals surface area contributed by atoms with Crippen molar-refractivity contribution >= 4 is 5.71 Å². The van der Waals surface area contributed by atoms with Gasteiger partial charge in [-0.3, -0.25) is 0 Å². The predicted molar refractivity (Wildman–Crippen MR) is 44.8 cm³/mol. The highest BCUT2D eigenvalue weighted by molar-refractivity contribution is 5.99. The van der Waals surface area contributed by atoms with Crippen LogP contribution in [0.25, 0.3) is 0 Å². The zero-order valence-corrected chi connectivity index (χ0v) is 7.03. The van der Waals surface area contributed by atoms with Gasteiger partial charge in [0.15, 0.2) is 6.10 Å². The second-order valence-corrected chi connectivity index (χ2v) is 2.92. The van der Waals surface area contributed by atoms with Crippen LogP contribution in [0.4, 0.5) is 0 Å². The van der Waals surface area contributed by atoms with Gasteiger partial charge in [0.2, 0.25) is 0 Å². The maximum atomic E-state index is 9.18. The third-order valence-electron chi connectivity index (χ3n) is 1.80. The number of rotatable bonds is 3. The van der Waals surface area contributed by atoms with E-state index >= 15 is 0 Å². The summed E-state index contributed by atoms with van der Waals surface area (Å²) in [6.07, 6.45) is -0.746. The molecule has 2 atom stereocenters. The Morgan fingerprint density at radius 1 is 1.92 bits per heavy atom. The van der Waals surface area contributed by atoms with Crippen LogP contribution in [0.15, 0.2) is 17.3 Å². The lowest BCUT2D eigenvalue weighted by Gasteiger charge is -2.12. The molecule has 1 aliphatic rings. The minimum atomic E-state index is -0.856. The fourth-order valence-electron chi connectivity index (χ4n) is 0.972. The molecule has 2 N–H and O–H groups in total. The van der Waals surface area contributed by atoms with Crippen molar-refractivity contribution in [3.05, 3.63) is 12.2 Å². The maximum absolute atomic E-state index is 9.18. The van der Waals surface area contributed by atoms with Gasteiger partial charge in [-0.1, -0.05) is 11.7 Å². The number of oxime groups is 1. The van der Waals surface area contributed by atoms with Crippen LogP contribution in [0.1, 0.15) is 13.3 Å². The van der Waals surface area contributed by atoms with Crippen molar-refractivity contribution < 1.29 is 15.1 Å². The molecule has 1 heterocycles. The maximum Gasteiger partial charge on any atom is 0.161 e. The molecule has 0 aromatic heterocycles. The summed E-state index contributed by atoms with van der Waals surface area (Å²) in [7, 11) is 0. The third-order valence-corrected chi connectivity index (χ3v) is 1.80. The number of aliphatic hydroxyl groups is 2. The highest BCUT2D eigenvalue weighted by Crippen LogP contribution is 2.17. The lowest BCUT2D eigenvalue weighted by Crippen LogP contribution is -2.29. The fourth-order valence-corrected chi connectivity index (χ4v) is 0.972. The van der Waals surface area contributed by atoms with E-state index < -0.39 is 12.2 Å². The van der Waals surface area contributed by atoms with E-state index in [-0.39, 0.29) is 6.61 Å². The van der Waals surface area contributed by atoms with Gasteiger partial charge in [0.1, 0.15) is 6.10 Å². The normalized spacial score (nSPS) is 24.6. The molecule has 0 aromatic rings. The Hall–Kier alpha value is -0.870. The van der Waals surface area contributed by atoms with Crippen LogP contribution in [0.2, 0.25) is 0 Å². The summed E-state index contributed by atoms with van der Waals surface area (Å²) in [4.78, 5) is 4.90. The van der Waals surface area contributed by atoms with Crippen molar-refractivity contribution in [1.82, 2.24) is 0 Å². The van der Waals surface area contributed by atoms with Gasteiger partial charge in [-0.2, -0.15) is 0 Å². The van der Waals surface area contributed by atoms with E-state index in [4.69, 9.17) is 9.94 Å². The Bertz CT molecular complexity index is 212. The Morgan fingerprint density at radius 2 is 2.58 bits per heavy atom. The first-order valence-corrected chi connectivity index (χ1v) is 3.82. The Labute approximate surface area is 71.1 Å². The number of aliphatic hydroxyl groups excluding tert-OH is 2. The molecule has 0 amide bonds. The topological polar surface area (TPSA) is 62.0 Å². The van der Waals surface area contributed by atoms with Crippen LogP contribution in [-0.4, -0.2) is 34.7 Å². The number of hydrogen-bond acceptors (Lipinski definition) is 4. The molecular weight excluding hydrogens is 158 g/mol. The van der Waals surface area contributed by atoms with Crippen molar-refractivity contribution in [3.8, 4) is 0 Å². The van der Waals surface area contributed by atoms with E-state index in [9.17, 15) is 5.11 Å². The molecule has 12 heavy (non-hydrogen) atoms. The average molecular weight is 171 g/mol. The number of hydrogen-bond donors (Lipinski definition) is 2. The Balaban J connectivity index is 2.46. The molecule has 0 saturated carbocycles. The van der Waals surface area contributed by atoms with Gasteiger partial charge in [0.25, 0.3) is 0 Å². The van der Waals surface area contributed by atoms with Gasteiger partial charge in [0.05, 0.1) is 12.3 Å². The van der Waals surface area contributed by atoms with Crippen LogP contribution >= 0.6 is 0 Å². The average Bonchev–Trinajstić information content (AvgIpc) is 2.51. The van der Waals surface area contributed by atoms with E-state index in [0.29, 0.717) is 6.42 Å². The molecule has 0 fully saturated rings. The largest absolute Gasteiger partial charge is 0.394 e. The highest BCUT2D eigenvalue weighted by Gasteiger charge is 2.27. The lowest BCUT2D eigenvalue weighted by atomic mass is 10.0. The quantitative estimate of drug-likeness (QED) is 0.631. The summed E-state index contributed by atoms with van der Waals surface area (Å²) in [6.45, 7) is 5.23. The van der Waals surface area contributed by atoms with E-state index in [1.165, 1.54) is 0 Å². The smallest absolute Gasteiger partial charge is 0.161 e. The first-order valence-electron chi connectivity index (χ1n) is 3.82. The van der Waals surface area contributed by atoms with E-state index in [1.54, 1.807) is 0 Å². The van der Waals surface area contributed by atoms with Gasteiger partial charge >= 0.3 is 0 Å². The van der Waals surface area contributed by atoms with Crippen molar-refractivity contribution in [2.45, 2.75) is 25.6 Å². The van der Waals surface area contributed by atoms with Crippen LogP contribution in [-0.2, 0) is 4.84 Å². The Morgan fingerprint density at radius 3 is 3.00 bits per heavy atom. The molecule has 0 bridgehead atoms. The molecule has 4 nitrogen and oxygen atoms in total. The van der Waals surface area contributed by atoms with E-state index in [0.717, 1.165) is 11.3 Å². The Kier molecular flexibility index (Phi) is 2.83. The summed E-state index contributed by atoms with van der Waals surface area (Å²) in [5, 5.41) is 21.5. The number of allylic oxidation sites excluding steroid dienone is 1. The molecular formula is C8H13NO3. The standard InChI is InChI=1S/C8H13NO3/c1-5(2)6-3-8(12-9-6)7(11)4-10/h7-8,10-11H,1,3-4H2,2H3/t7-,8+/m1/s1. The molecule has 4 heteroatoms. The first-order chi connectivity index (χ1) is 5.65. The molecule has 0 spiro atoms. The van der Waals surface area contributed by atoms with Crippen LogP contribution in [0.5, 0.6) is 0 Å². The summed E-state index contributed by atoms with van der Waals surface area (Å²) >= 11 is 0. The van der Waals surface area contributed by atoms with Crippen molar-refractivity contribution in [2.24, 2.45) is 5.16 Å². The van der Waals surface area contributed by atoms with Crippen LogP contribution in [0.3, 0.4) is 0 Å². The molecule has 1 aliphatic heterocycles. The zero-order valence-electron chi connectivity index (χ0n) is 7.03. The zero-order chi connectivity index (χ0) is 9.14. The van der Waals surface area contributed by atoms with Crippen molar-refractivity contribution in [1.29, 1.82) is 0 Å². The summed E-state index contributed by atoms with van der Waals surface area (Å²) < 4.78 is 0. The number of nitrogens with zero attached hydrogens (tertiary/aromatic N) is 1. The monoisotopic (exact) mass is 171 g/mol. The van der Waals surface area contributed by atoms with Crippen molar-refractivity contribution in [2.75, 3.05) is 6.61 Å². The van der Waals surface area contributed by atoms with Gasteiger partial charge in [-0.05, 0) is 12.5 Å². The van der Waals surface area contributed by atoms with E-state index in [1.807, 2.05) is 6.92 Å². The van der Waals surface area contributed by atoms with E-state index in [2.05, 4.69) is 11.7 Å². The molecule has 0 aromatic carbocycles. The second kappa shape index (κ2) is 3.69. The molecule has 0 unspecified atom stereocenters. The SMILES string of the molecule is C=C(C)C1=NO[C@H]([C@H](O)CO)C1. The van der Waals surface area contributed by atoms with Gasteiger partial charge < -0.3 is 15.1 Å². The van der Waals surface area contributed by atoms with Crippen molar-refractivity contribution in [3.63, 3.8) is 0 Å². The molecule has 0 saturated heterocycles. The molecule has 0 aliphatic carbocycles. The lowest BCUT2D eigenvalue weighted by molar-refractivity contribution is -0.0407. The van der Waals surface area contributed by atoms with Crippen LogP contribution in [0, 0.1) is 0 Å². The minimum Gasteiger partial charge on any atom is -0.394 e. The predicted octanol–water partition coefficient (Wildman–Crippen LogP) is 0.0606. The third kappa shape index (κ3) is 1.84. The highest BCUT2D eigenvalue weighted by atomic mass is 16.7. The second-order valence-electron chi connectivity index (χ2n) is 2.92. The summed E-state index contributed by atoms with van der Waals surface area (Å²) in [5.41, 5.74) is 1.59. The first kappa shape index (κ1) is 9.22. The summed E-state index contributed by atoms with van der Waals surface area (Å²) in [6, 6.07) is 0. The molecule has 0 radical (unpaired) electrons. The molecule has 1 rings (SSSR count). The molecule has 68 valence electrons. The fraction of sp³-hybridized carbons (Fsp3) is 0.625. The minimum absolute atomic E-state index is 0.302. The summed E-state index contributed by atoms with van der Waals surface area (Å²) in [5.74, 6) is 0.